The van der Waals surface area contributed by atoms with E-state index in [1.807, 2.05) is 30.3 Å². The second-order valence-corrected chi connectivity index (χ2v) is 7.65. The Balaban J connectivity index is 1.39. The third-order valence-electron chi connectivity index (χ3n) is 5.47. The minimum absolute atomic E-state index is 0.352. The van der Waals surface area contributed by atoms with Crippen LogP contribution >= 0.6 is 0 Å². The lowest BCUT2D eigenvalue weighted by Gasteiger charge is -2.30. The van der Waals surface area contributed by atoms with E-state index in [0.29, 0.717) is 6.61 Å². The zero-order chi connectivity index (χ0) is 18.9. The van der Waals surface area contributed by atoms with E-state index < -0.39 is 6.10 Å². The average Bonchev–Trinajstić information content (AvgIpc) is 2.70. The molecule has 1 fully saturated rings. The van der Waals surface area contributed by atoms with Gasteiger partial charge in [-0.2, -0.15) is 0 Å². The highest BCUT2D eigenvalue weighted by molar-refractivity contribution is 5.34. The highest BCUT2D eigenvalue weighted by atomic mass is 16.5. The summed E-state index contributed by atoms with van der Waals surface area (Å²) in [6.45, 7) is 7.19. The number of para-hydroxylation sites is 1. The fourth-order valence-electron chi connectivity index (χ4n) is 3.99. The van der Waals surface area contributed by atoms with Crippen LogP contribution in [0.1, 0.15) is 24.0 Å². The fourth-order valence-corrected chi connectivity index (χ4v) is 3.99. The normalized spacial score (nSPS) is 20.8. The SMILES string of the molecule is C=CCc1ccccc1OC[C@H](O)C[NH+]1CCC(Cc2ccccc2)CC1. The summed E-state index contributed by atoms with van der Waals surface area (Å²) in [4.78, 5) is 1.50. The number of hydrogen-bond donors (Lipinski definition) is 2. The maximum Gasteiger partial charge on any atom is 0.137 e. The number of aliphatic hydroxyl groups excluding tert-OH is 1. The van der Waals surface area contributed by atoms with Crippen LogP contribution in [0.3, 0.4) is 0 Å². The molecule has 0 aliphatic carbocycles. The van der Waals surface area contributed by atoms with Crippen LogP contribution in [-0.2, 0) is 12.8 Å². The largest absolute Gasteiger partial charge is 0.490 e. The summed E-state index contributed by atoms with van der Waals surface area (Å²) in [6, 6.07) is 18.8. The molecule has 1 atom stereocenters. The molecule has 1 heterocycles. The zero-order valence-corrected chi connectivity index (χ0v) is 16.1. The molecule has 0 spiro atoms. The fraction of sp³-hybridized carbons (Fsp3) is 0.417. The molecule has 2 aromatic rings. The summed E-state index contributed by atoms with van der Waals surface area (Å²) in [5.74, 6) is 1.63. The summed E-state index contributed by atoms with van der Waals surface area (Å²) in [5.41, 5.74) is 2.56. The van der Waals surface area contributed by atoms with Gasteiger partial charge in [0.2, 0.25) is 0 Å². The first kappa shape index (κ1) is 19.7. The van der Waals surface area contributed by atoms with Crippen molar-refractivity contribution < 1.29 is 14.7 Å². The number of ether oxygens (including phenoxy) is 1. The summed E-state index contributed by atoms with van der Waals surface area (Å²) in [5, 5.41) is 10.4. The van der Waals surface area contributed by atoms with Gasteiger partial charge in [0.05, 0.1) is 13.1 Å². The van der Waals surface area contributed by atoms with Gasteiger partial charge >= 0.3 is 0 Å². The predicted octanol–water partition coefficient (Wildman–Crippen LogP) is 2.69. The number of nitrogens with one attached hydrogen (secondary N) is 1. The molecule has 0 saturated carbocycles. The number of allylic oxidation sites excluding steroid dienone is 1. The molecule has 2 N–H and O–H groups in total. The number of quaternary nitrogens is 1. The molecule has 3 heteroatoms. The number of hydrogen-bond acceptors (Lipinski definition) is 2. The van der Waals surface area contributed by atoms with Gasteiger partial charge in [-0.3, -0.25) is 0 Å². The van der Waals surface area contributed by atoms with Crippen LogP contribution in [0.4, 0.5) is 0 Å². The second-order valence-electron chi connectivity index (χ2n) is 7.65. The molecule has 3 rings (SSSR count). The molecule has 3 nitrogen and oxygen atoms in total. The molecule has 0 amide bonds. The van der Waals surface area contributed by atoms with Crippen molar-refractivity contribution in [2.75, 3.05) is 26.2 Å². The quantitative estimate of drug-likeness (QED) is 0.669. The van der Waals surface area contributed by atoms with Crippen LogP contribution in [-0.4, -0.2) is 37.5 Å². The predicted molar refractivity (Wildman–Crippen MR) is 110 cm³/mol. The minimum Gasteiger partial charge on any atom is -0.490 e. The Morgan fingerprint density at radius 1 is 1.07 bits per heavy atom. The van der Waals surface area contributed by atoms with Crippen molar-refractivity contribution in [2.24, 2.45) is 5.92 Å². The molecule has 2 aromatic carbocycles. The maximum absolute atomic E-state index is 10.4. The van der Waals surface area contributed by atoms with Crippen molar-refractivity contribution in [3.8, 4) is 5.75 Å². The Hall–Kier alpha value is -2.10. The zero-order valence-electron chi connectivity index (χ0n) is 16.1. The van der Waals surface area contributed by atoms with Crippen molar-refractivity contribution in [2.45, 2.75) is 31.8 Å². The number of benzene rings is 2. The van der Waals surface area contributed by atoms with Crippen LogP contribution in [0.5, 0.6) is 5.75 Å². The van der Waals surface area contributed by atoms with Gasteiger partial charge in [0.25, 0.3) is 0 Å². The van der Waals surface area contributed by atoms with E-state index in [9.17, 15) is 5.11 Å². The lowest BCUT2D eigenvalue weighted by molar-refractivity contribution is -0.909. The number of likely N-dealkylation sites (tertiary alicyclic amines) is 1. The van der Waals surface area contributed by atoms with Gasteiger partial charge < -0.3 is 14.7 Å². The lowest BCUT2D eigenvalue weighted by Crippen LogP contribution is -3.14. The Morgan fingerprint density at radius 3 is 2.52 bits per heavy atom. The maximum atomic E-state index is 10.4. The van der Waals surface area contributed by atoms with Gasteiger partial charge in [-0.25, -0.2) is 0 Å². The third kappa shape index (κ3) is 6.23. The molecule has 0 unspecified atom stereocenters. The smallest absolute Gasteiger partial charge is 0.137 e. The Morgan fingerprint density at radius 2 is 1.78 bits per heavy atom. The van der Waals surface area contributed by atoms with Gasteiger partial charge in [0.1, 0.15) is 25.0 Å². The molecule has 0 bridgehead atoms. The number of rotatable bonds is 9. The molecule has 1 aliphatic heterocycles. The highest BCUT2D eigenvalue weighted by Crippen LogP contribution is 2.19. The molecule has 0 radical (unpaired) electrons. The van der Waals surface area contributed by atoms with Crippen LogP contribution in [0.15, 0.2) is 67.3 Å². The summed E-state index contributed by atoms with van der Waals surface area (Å²) in [7, 11) is 0. The standard InChI is InChI=1S/C24H31NO2/c1-2-8-22-11-6-7-12-24(22)27-19-23(26)18-25-15-13-21(14-16-25)17-20-9-4-3-5-10-20/h2-7,9-12,21,23,26H,1,8,13-19H2/p+1/t23-/m1/s1. The van der Waals surface area contributed by atoms with Gasteiger partial charge in [0.15, 0.2) is 0 Å². The van der Waals surface area contributed by atoms with Gasteiger partial charge in [-0.1, -0.05) is 54.6 Å². The van der Waals surface area contributed by atoms with Crippen molar-refractivity contribution in [3.63, 3.8) is 0 Å². The summed E-state index contributed by atoms with van der Waals surface area (Å²) >= 11 is 0. The molecular formula is C24H32NO2+. The molecule has 27 heavy (non-hydrogen) atoms. The Bertz CT molecular complexity index is 693. The van der Waals surface area contributed by atoms with Gasteiger partial charge in [-0.15, -0.1) is 6.58 Å². The highest BCUT2D eigenvalue weighted by Gasteiger charge is 2.24. The van der Waals surface area contributed by atoms with E-state index in [4.69, 9.17) is 4.74 Å². The van der Waals surface area contributed by atoms with Crippen molar-refractivity contribution in [1.29, 1.82) is 0 Å². The van der Waals surface area contributed by atoms with Crippen molar-refractivity contribution in [3.05, 3.63) is 78.4 Å². The number of aliphatic hydroxyl groups is 1. The molecule has 1 saturated heterocycles. The van der Waals surface area contributed by atoms with Crippen LogP contribution in [0.25, 0.3) is 0 Å². The summed E-state index contributed by atoms with van der Waals surface area (Å²) in [6.07, 6.45) is 5.89. The van der Waals surface area contributed by atoms with Crippen molar-refractivity contribution >= 4 is 0 Å². The van der Waals surface area contributed by atoms with E-state index in [0.717, 1.165) is 43.3 Å². The first-order chi connectivity index (χ1) is 13.2. The molecule has 0 aromatic heterocycles. The van der Waals surface area contributed by atoms with Gasteiger partial charge in [-0.05, 0) is 48.8 Å². The van der Waals surface area contributed by atoms with Crippen LogP contribution in [0, 0.1) is 5.92 Å². The first-order valence-corrected chi connectivity index (χ1v) is 10.1. The Kier molecular flexibility index (Phi) is 7.49. The first-order valence-electron chi connectivity index (χ1n) is 10.1. The monoisotopic (exact) mass is 366 g/mol. The van der Waals surface area contributed by atoms with E-state index in [2.05, 4.69) is 36.9 Å². The van der Waals surface area contributed by atoms with Crippen LogP contribution in [0.2, 0.25) is 0 Å². The summed E-state index contributed by atoms with van der Waals surface area (Å²) < 4.78 is 5.88. The van der Waals surface area contributed by atoms with E-state index >= 15 is 0 Å². The van der Waals surface area contributed by atoms with Gasteiger partial charge in [0, 0.05) is 0 Å². The van der Waals surface area contributed by atoms with E-state index in [1.54, 1.807) is 0 Å². The van der Waals surface area contributed by atoms with Crippen molar-refractivity contribution in [1.82, 2.24) is 0 Å². The molecule has 1 aliphatic rings. The van der Waals surface area contributed by atoms with Crippen LogP contribution < -0.4 is 9.64 Å². The second kappa shape index (κ2) is 10.3. The van der Waals surface area contributed by atoms with E-state index in [1.165, 1.54) is 29.7 Å². The molecular weight excluding hydrogens is 334 g/mol. The lowest BCUT2D eigenvalue weighted by atomic mass is 9.90. The van der Waals surface area contributed by atoms with E-state index in [-0.39, 0.29) is 0 Å². The molecule has 144 valence electrons. The Labute approximate surface area is 163 Å². The minimum atomic E-state index is -0.428. The third-order valence-corrected chi connectivity index (χ3v) is 5.47. The number of piperidine rings is 1. The topological polar surface area (TPSA) is 33.9 Å². The average molecular weight is 367 g/mol.